The molecule has 0 saturated carbocycles. The Hall–Kier alpha value is -3.78. The fourth-order valence-electron chi connectivity index (χ4n) is 7.64. The van der Waals surface area contributed by atoms with Crippen LogP contribution in [-0.4, -0.2) is 5.43 Å². The van der Waals surface area contributed by atoms with E-state index in [1.807, 2.05) is 0 Å². The number of halogens is 2. The van der Waals surface area contributed by atoms with Crippen molar-refractivity contribution in [3.8, 4) is 44.5 Å². The second-order valence-corrected chi connectivity index (χ2v) is 24.5. The average molecular weight is 895 g/mol. The smallest absolute Gasteiger partial charge is 1.00 e. The Bertz CT molecular complexity index is 2090. The molecule has 0 aliphatic carbocycles. The maximum Gasteiger partial charge on any atom is -1.00 e. The second-order valence-electron chi connectivity index (χ2n) is 15.1. The summed E-state index contributed by atoms with van der Waals surface area (Å²) in [4.78, 5) is 0. The summed E-state index contributed by atoms with van der Waals surface area (Å²) in [6, 6.07) is 61.8. The standard InChI is InChI=1S/2C26H25.C2H6Si.2ClH.Zr/c2*1-2-3-6-11-20-18-25-23(21-12-7-4-8-13-21)16-17-24(26(25)19-20)22-14-9-5-10-15-22;1-3-2;;;/h2*4-5,7-10,12-19H,2-3,6,11H2,1H3;1-2H3;2*1H;/q2*-1;;;;+2/p-2. The summed E-state index contributed by atoms with van der Waals surface area (Å²) < 4.78 is 0. The first-order chi connectivity index (χ1) is 27.5. The van der Waals surface area contributed by atoms with Crippen molar-refractivity contribution in [2.45, 2.75) is 78.3 Å². The Morgan fingerprint density at radius 2 is 0.690 bits per heavy atom. The number of hydrogen-bond donors (Lipinski definition) is 0. The Labute approximate surface area is 376 Å². The maximum absolute atomic E-state index is 2.42. The van der Waals surface area contributed by atoms with Gasteiger partial charge >= 0.3 is 41.9 Å². The summed E-state index contributed by atoms with van der Waals surface area (Å²) in [5.41, 5.74) is 13.7. The van der Waals surface area contributed by atoms with Gasteiger partial charge in [-0.15, -0.1) is 44.8 Å². The predicted octanol–water partition coefficient (Wildman–Crippen LogP) is 10.0. The quantitative estimate of drug-likeness (QED) is 0.0652. The van der Waals surface area contributed by atoms with Gasteiger partial charge in [0.05, 0.1) is 0 Å². The van der Waals surface area contributed by atoms with Crippen molar-refractivity contribution in [3.63, 3.8) is 0 Å². The van der Waals surface area contributed by atoms with Crippen molar-refractivity contribution in [1.82, 2.24) is 0 Å². The SMILES string of the molecule is CCCCCc1cc2c(-c3ccccc3)ccc(-c3ccccc3)c2[cH-]1.CCCCCc1cc2c(-c3ccccc3)ccc(-c3ccccc3)c2[cH-]1.C[Si](C)=[Zr+2].[Cl-].[Cl-]. The van der Waals surface area contributed by atoms with E-state index in [4.69, 9.17) is 0 Å². The topological polar surface area (TPSA) is 0 Å². The van der Waals surface area contributed by atoms with Gasteiger partial charge in [0.1, 0.15) is 0 Å². The Kier molecular flexibility index (Phi) is 19.7. The summed E-state index contributed by atoms with van der Waals surface area (Å²) in [6.45, 7) is 9.15. The van der Waals surface area contributed by atoms with E-state index in [2.05, 4.69) is 197 Å². The van der Waals surface area contributed by atoms with E-state index in [0.29, 0.717) is 0 Å². The molecule has 0 amide bonds. The number of unbranched alkanes of at least 4 members (excludes halogenated alkanes) is 4. The van der Waals surface area contributed by atoms with Gasteiger partial charge in [0.25, 0.3) is 0 Å². The van der Waals surface area contributed by atoms with Crippen LogP contribution in [0, 0.1) is 0 Å². The van der Waals surface area contributed by atoms with E-state index in [1.165, 1.54) is 129 Å². The van der Waals surface area contributed by atoms with Crippen LogP contribution in [0.4, 0.5) is 0 Å². The van der Waals surface area contributed by atoms with Crippen LogP contribution in [0.15, 0.2) is 170 Å². The molecule has 0 saturated heterocycles. The van der Waals surface area contributed by atoms with Crippen LogP contribution < -0.4 is 24.8 Å². The summed E-state index contributed by atoms with van der Waals surface area (Å²) >= 11 is 1.74. The predicted molar refractivity (Wildman–Crippen MR) is 245 cm³/mol. The third-order valence-electron chi connectivity index (χ3n) is 10.4. The summed E-state index contributed by atoms with van der Waals surface area (Å²) in [5, 5.41) is 5.52. The van der Waals surface area contributed by atoms with E-state index < -0.39 is 0 Å². The van der Waals surface area contributed by atoms with E-state index in [1.54, 1.807) is 23.3 Å². The molecule has 0 fully saturated rings. The monoisotopic (exact) mass is 892 g/mol. The summed E-state index contributed by atoms with van der Waals surface area (Å²) in [7, 11) is 0. The Balaban J connectivity index is 0.000000228. The van der Waals surface area contributed by atoms with Gasteiger partial charge in [-0.05, 0) is 24.0 Å². The minimum atomic E-state index is 0. The van der Waals surface area contributed by atoms with Gasteiger partial charge in [-0.3, -0.25) is 0 Å². The van der Waals surface area contributed by atoms with Gasteiger partial charge in [0.15, 0.2) is 0 Å². The van der Waals surface area contributed by atoms with Gasteiger partial charge in [0, 0.05) is 0 Å². The van der Waals surface area contributed by atoms with Crippen LogP contribution in [0.3, 0.4) is 0 Å². The van der Waals surface area contributed by atoms with E-state index in [9.17, 15) is 0 Å². The molecule has 58 heavy (non-hydrogen) atoms. The molecule has 8 rings (SSSR count). The zero-order chi connectivity index (χ0) is 39.1. The van der Waals surface area contributed by atoms with Crippen molar-refractivity contribution >= 4 is 27.0 Å². The van der Waals surface area contributed by atoms with E-state index >= 15 is 0 Å². The number of rotatable bonds is 12. The third-order valence-corrected chi connectivity index (χ3v) is 10.4. The molecule has 0 aliphatic rings. The molecule has 0 nitrogen and oxygen atoms in total. The van der Waals surface area contributed by atoms with Crippen molar-refractivity contribution in [2.24, 2.45) is 0 Å². The molecule has 0 unspecified atom stereocenters. The van der Waals surface area contributed by atoms with E-state index in [-0.39, 0.29) is 30.2 Å². The van der Waals surface area contributed by atoms with Crippen LogP contribution in [0.5, 0.6) is 0 Å². The van der Waals surface area contributed by atoms with Crippen LogP contribution in [0.25, 0.3) is 66.1 Å². The van der Waals surface area contributed by atoms with Gasteiger partial charge < -0.3 is 24.8 Å². The van der Waals surface area contributed by atoms with Gasteiger partial charge in [-0.25, -0.2) is 0 Å². The van der Waals surface area contributed by atoms with Crippen LogP contribution in [-0.2, 0) is 36.2 Å². The molecule has 4 heteroatoms. The first-order valence-corrected chi connectivity index (χ1v) is 26.8. The van der Waals surface area contributed by atoms with Gasteiger partial charge in [-0.1, -0.05) is 231 Å². The first-order valence-electron chi connectivity index (χ1n) is 20.6. The molecule has 0 N–H and O–H groups in total. The van der Waals surface area contributed by atoms with Crippen molar-refractivity contribution in [1.29, 1.82) is 0 Å². The minimum absolute atomic E-state index is 0. The first kappa shape index (κ1) is 46.9. The van der Waals surface area contributed by atoms with Crippen molar-refractivity contribution in [2.75, 3.05) is 0 Å². The third kappa shape index (κ3) is 12.6. The molecule has 8 aromatic rings. The van der Waals surface area contributed by atoms with Crippen LogP contribution in [0.2, 0.25) is 13.1 Å². The van der Waals surface area contributed by atoms with Crippen LogP contribution in [0.1, 0.15) is 63.5 Å². The number of hydrogen-bond acceptors (Lipinski definition) is 0. The number of fused-ring (bicyclic) bond motifs is 2. The zero-order valence-electron chi connectivity index (χ0n) is 34.6. The molecular weight excluding hydrogens is 839 g/mol. The maximum atomic E-state index is 2.42. The second kappa shape index (κ2) is 24.3. The largest absolute Gasteiger partial charge is 1.00 e. The fourth-order valence-corrected chi connectivity index (χ4v) is 7.64. The molecule has 0 bridgehead atoms. The Morgan fingerprint density at radius 3 is 0.983 bits per heavy atom. The summed E-state index contributed by atoms with van der Waals surface area (Å²) in [5.74, 6) is 0. The molecule has 8 aromatic carbocycles. The molecule has 0 aromatic heterocycles. The normalized spacial score (nSPS) is 10.4. The summed E-state index contributed by atoms with van der Waals surface area (Å²) in [6.07, 6.45) is 10.0. The van der Waals surface area contributed by atoms with Crippen LogP contribution >= 0.6 is 0 Å². The van der Waals surface area contributed by atoms with E-state index in [0.717, 1.165) is 0 Å². The van der Waals surface area contributed by atoms with Gasteiger partial charge in [-0.2, -0.15) is 12.1 Å². The molecular formula is C54H56Cl2SiZr-2. The minimum Gasteiger partial charge on any atom is -1.00 e. The Morgan fingerprint density at radius 1 is 0.414 bits per heavy atom. The van der Waals surface area contributed by atoms with Crippen molar-refractivity contribution in [3.05, 3.63) is 181 Å². The molecule has 0 radical (unpaired) electrons. The molecule has 0 spiro atoms. The van der Waals surface area contributed by atoms with Gasteiger partial charge in [0.2, 0.25) is 0 Å². The number of aryl methyl sites for hydroxylation is 2. The molecule has 0 atom stereocenters. The molecule has 0 aliphatic heterocycles. The molecule has 0 heterocycles. The zero-order valence-corrected chi connectivity index (χ0v) is 39.5. The fraction of sp³-hybridized carbons (Fsp3) is 0.222. The molecule has 296 valence electrons. The van der Waals surface area contributed by atoms with Crippen molar-refractivity contribution < 1.29 is 48.1 Å². The average Bonchev–Trinajstić information content (AvgIpc) is 3.87. The number of benzene rings is 6.